The van der Waals surface area contributed by atoms with Crippen LogP contribution in [0.15, 0.2) is 17.1 Å². The second-order valence-electron chi connectivity index (χ2n) is 18.2. The van der Waals surface area contributed by atoms with E-state index in [0.29, 0.717) is 39.2 Å². The number of ether oxygens (including phenoxy) is 3. The van der Waals surface area contributed by atoms with E-state index in [1.54, 1.807) is 0 Å². The zero-order chi connectivity index (χ0) is 40.7. The highest BCUT2D eigenvalue weighted by molar-refractivity contribution is 5.87. The molecular weight excluding hydrogens is 721 g/mol. The molecular formula is C45H80N6O6. The van der Waals surface area contributed by atoms with E-state index in [1.165, 1.54) is 25.7 Å². The van der Waals surface area contributed by atoms with Crippen LogP contribution in [0.4, 0.5) is 0 Å². The van der Waals surface area contributed by atoms with E-state index in [1.807, 2.05) is 4.90 Å². The molecule has 6 N–H and O–H groups in total. The Morgan fingerprint density at radius 3 is 2.37 bits per heavy atom. The third kappa shape index (κ3) is 12.4. The van der Waals surface area contributed by atoms with Crippen molar-refractivity contribution in [1.82, 2.24) is 15.1 Å². The van der Waals surface area contributed by atoms with Gasteiger partial charge in [0.05, 0.1) is 37.4 Å². The second-order valence-corrected chi connectivity index (χ2v) is 18.2. The van der Waals surface area contributed by atoms with E-state index < -0.39 is 23.5 Å². The normalized spacial score (nSPS) is 31.1. The standard InChI is InChI=1S/C45H80N6O6/c1-4-37-23-14-15-25-44(57-37)34-43(3)27-24-38-40(45(26-19-21-35(2)56-45)49-42(48-44)51(38)43)41(54)55-32-18-12-10-8-6-5-7-9-11-13-22-36(52)33-39(53)50(31-20-29-47)30-17-16-28-46/h14,23,35-38,40,52H,4-13,15-22,24-34,46-47H2,1-3H3,(H,48,49)/t35-,36+,37+,38-,40?,43+,44+,45-/m1/s1. The van der Waals surface area contributed by atoms with Crippen LogP contribution in [0.5, 0.6) is 0 Å². The topological polar surface area (TPSA) is 165 Å². The molecule has 8 atom stereocenters. The van der Waals surface area contributed by atoms with Gasteiger partial charge in [0, 0.05) is 25.0 Å². The van der Waals surface area contributed by atoms with Crippen molar-refractivity contribution in [2.45, 2.75) is 216 Å². The molecule has 0 aromatic carbocycles. The van der Waals surface area contributed by atoms with Crippen molar-refractivity contribution in [3.8, 4) is 0 Å². The van der Waals surface area contributed by atoms with Crippen LogP contribution in [0.1, 0.15) is 175 Å². The van der Waals surface area contributed by atoms with E-state index in [2.05, 4.69) is 43.1 Å². The van der Waals surface area contributed by atoms with Gasteiger partial charge in [0.2, 0.25) is 5.91 Å². The average Bonchev–Trinajstić information content (AvgIpc) is 3.39. The molecule has 0 aliphatic carbocycles. The van der Waals surface area contributed by atoms with Crippen molar-refractivity contribution < 1.29 is 28.9 Å². The van der Waals surface area contributed by atoms with Crippen LogP contribution in [-0.4, -0.2) is 107 Å². The molecule has 5 aliphatic rings. The number of carbonyl (C=O) groups excluding carboxylic acids is 2. The van der Waals surface area contributed by atoms with Crippen LogP contribution < -0.4 is 16.8 Å². The quantitative estimate of drug-likeness (QED) is 0.0463. The third-order valence-corrected chi connectivity index (χ3v) is 13.4. The van der Waals surface area contributed by atoms with Crippen LogP contribution in [0.25, 0.3) is 0 Å². The molecule has 1 amide bonds. The summed E-state index contributed by atoms with van der Waals surface area (Å²) in [5, 5.41) is 14.3. The fourth-order valence-corrected chi connectivity index (χ4v) is 10.4. The fourth-order valence-electron chi connectivity index (χ4n) is 10.4. The molecule has 0 bridgehead atoms. The Balaban J connectivity index is 0.990. The number of carbonyl (C=O) groups is 2. The Labute approximate surface area is 344 Å². The van der Waals surface area contributed by atoms with Crippen molar-refractivity contribution in [3.63, 3.8) is 0 Å². The zero-order valence-electron chi connectivity index (χ0n) is 36.0. The monoisotopic (exact) mass is 801 g/mol. The number of amides is 1. The highest BCUT2D eigenvalue weighted by atomic mass is 16.6. The highest BCUT2D eigenvalue weighted by Crippen LogP contribution is 2.53. The summed E-state index contributed by atoms with van der Waals surface area (Å²) >= 11 is 0. The maximum atomic E-state index is 14.1. The molecule has 0 aromatic heterocycles. The van der Waals surface area contributed by atoms with Crippen molar-refractivity contribution >= 4 is 17.8 Å². The van der Waals surface area contributed by atoms with Gasteiger partial charge >= 0.3 is 5.97 Å². The Morgan fingerprint density at radius 1 is 0.965 bits per heavy atom. The summed E-state index contributed by atoms with van der Waals surface area (Å²) in [5.41, 5.74) is 9.72. The number of aliphatic imine (C=N–C) groups is 1. The second kappa shape index (κ2) is 22.4. The Hall–Kier alpha value is -2.25. The van der Waals surface area contributed by atoms with E-state index in [0.717, 1.165) is 122 Å². The highest BCUT2D eigenvalue weighted by Gasteiger charge is 2.65. The van der Waals surface area contributed by atoms with E-state index >= 15 is 0 Å². The van der Waals surface area contributed by atoms with Gasteiger partial charge in [0.25, 0.3) is 0 Å². The molecule has 5 aliphatic heterocycles. The van der Waals surface area contributed by atoms with Gasteiger partial charge in [-0.3, -0.25) is 9.59 Å². The Kier molecular flexibility index (Phi) is 18.0. The summed E-state index contributed by atoms with van der Waals surface area (Å²) in [6.45, 7) is 9.60. The maximum absolute atomic E-state index is 14.1. The summed E-state index contributed by atoms with van der Waals surface area (Å²) in [6.07, 6.45) is 26.8. The van der Waals surface area contributed by atoms with Gasteiger partial charge in [0.15, 0.2) is 11.7 Å². The number of rotatable bonds is 24. The number of aliphatic hydroxyl groups is 1. The largest absolute Gasteiger partial charge is 0.465 e. The minimum atomic E-state index is -0.912. The van der Waals surface area contributed by atoms with Crippen LogP contribution in [-0.2, 0) is 23.8 Å². The van der Waals surface area contributed by atoms with Gasteiger partial charge in [-0.15, -0.1) is 0 Å². The van der Waals surface area contributed by atoms with Gasteiger partial charge < -0.3 is 45.9 Å². The first-order valence-corrected chi connectivity index (χ1v) is 23.3. The molecule has 1 unspecified atom stereocenters. The van der Waals surface area contributed by atoms with Gasteiger partial charge in [-0.25, -0.2) is 4.99 Å². The number of nitrogens with one attached hydrogen (secondary N) is 1. The van der Waals surface area contributed by atoms with Gasteiger partial charge in [-0.1, -0.05) is 76.9 Å². The molecule has 57 heavy (non-hydrogen) atoms. The Morgan fingerprint density at radius 2 is 1.67 bits per heavy atom. The zero-order valence-corrected chi connectivity index (χ0v) is 36.0. The predicted molar refractivity (Wildman–Crippen MR) is 226 cm³/mol. The maximum Gasteiger partial charge on any atom is 0.316 e. The van der Waals surface area contributed by atoms with Crippen molar-refractivity contribution in [1.29, 1.82) is 0 Å². The summed E-state index contributed by atoms with van der Waals surface area (Å²) in [7, 11) is 0. The predicted octanol–water partition coefficient (Wildman–Crippen LogP) is 6.82. The molecule has 12 heteroatoms. The van der Waals surface area contributed by atoms with Gasteiger partial charge in [-0.2, -0.15) is 0 Å². The number of allylic oxidation sites excluding steroid dienone is 1. The van der Waals surface area contributed by atoms with Crippen LogP contribution in [0.3, 0.4) is 0 Å². The number of guanidine groups is 1. The number of esters is 1. The smallest absolute Gasteiger partial charge is 0.316 e. The Bertz CT molecular complexity index is 1320. The molecule has 3 fully saturated rings. The molecule has 0 saturated carbocycles. The van der Waals surface area contributed by atoms with Crippen LogP contribution in [0, 0.1) is 5.92 Å². The molecule has 3 saturated heterocycles. The van der Waals surface area contributed by atoms with Crippen LogP contribution >= 0.6 is 0 Å². The molecule has 12 nitrogen and oxygen atoms in total. The van der Waals surface area contributed by atoms with Crippen molar-refractivity contribution in [3.05, 3.63) is 12.2 Å². The first-order valence-electron chi connectivity index (χ1n) is 23.3. The lowest BCUT2D eigenvalue weighted by Gasteiger charge is -2.58. The number of hydrogen-bond donors (Lipinski definition) is 4. The molecule has 326 valence electrons. The van der Waals surface area contributed by atoms with Gasteiger partial charge in [-0.05, 0) is 110 Å². The first kappa shape index (κ1) is 45.8. The third-order valence-electron chi connectivity index (χ3n) is 13.4. The summed E-state index contributed by atoms with van der Waals surface area (Å²) in [4.78, 5) is 36.5. The SMILES string of the molecule is CC[C@H]1C=CCC[C@@]2(C[C@]3(C)CC[C@@H]4C(C(=O)OCCCCCCCCCCCC[C@H](O)CC(=O)N(CCCN)CCCCN)[C@]5(CCC[C@@H](C)O5)N=C(N2)N43)O1. The van der Waals surface area contributed by atoms with E-state index in [9.17, 15) is 14.7 Å². The molecule has 0 aromatic rings. The van der Waals surface area contributed by atoms with E-state index in [-0.39, 0.29) is 42.1 Å². The van der Waals surface area contributed by atoms with E-state index in [4.69, 9.17) is 30.7 Å². The lowest BCUT2D eigenvalue weighted by Crippen LogP contribution is -2.74. The lowest BCUT2D eigenvalue weighted by molar-refractivity contribution is -0.196. The fraction of sp³-hybridized carbons (Fsp3) is 0.889. The van der Waals surface area contributed by atoms with Gasteiger partial charge in [0.1, 0.15) is 11.6 Å². The van der Waals surface area contributed by atoms with Crippen LogP contribution in [0.2, 0.25) is 0 Å². The minimum absolute atomic E-state index is 0.00975. The number of aliphatic hydroxyl groups excluding tert-OH is 1. The summed E-state index contributed by atoms with van der Waals surface area (Å²) in [6, 6.07) is -0.00975. The number of hydrogen-bond acceptors (Lipinski definition) is 11. The average molecular weight is 801 g/mol. The number of nitrogens with zero attached hydrogens (tertiary/aromatic N) is 3. The van der Waals surface area contributed by atoms with Crippen molar-refractivity contribution in [2.24, 2.45) is 22.4 Å². The molecule has 5 heterocycles. The summed E-state index contributed by atoms with van der Waals surface area (Å²) < 4.78 is 19.7. The number of nitrogens with two attached hydrogens (primary N) is 2. The molecule has 0 radical (unpaired) electrons. The number of unbranched alkanes of at least 4 members (excludes halogenated alkanes) is 10. The molecule has 5 rings (SSSR count). The van der Waals surface area contributed by atoms with Crippen molar-refractivity contribution in [2.75, 3.05) is 32.8 Å². The summed E-state index contributed by atoms with van der Waals surface area (Å²) in [5.74, 6) is 0.281. The molecule has 2 spiro atoms. The minimum Gasteiger partial charge on any atom is -0.465 e. The first-order chi connectivity index (χ1) is 27.6. The lowest BCUT2D eigenvalue weighted by atomic mass is 9.79.